The number of benzene rings is 7. The molecule has 0 radical (unpaired) electrons. The monoisotopic (exact) mass is 1210 g/mol. The number of aromatic nitrogens is 2. The molecular formula is C80H98N4O6. The van der Waals surface area contributed by atoms with Gasteiger partial charge in [-0.2, -0.15) is 0 Å². The maximum absolute atomic E-state index is 14.4. The van der Waals surface area contributed by atoms with Crippen molar-refractivity contribution in [2.24, 2.45) is 9.98 Å². The number of rotatable bonds is 42. The Labute approximate surface area is 534 Å². The molecule has 0 fully saturated rings. The summed E-state index contributed by atoms with van der Waals surface area (Å²) in [6, 6.07) is 40.8. The topological polar surface area (TPSA) is 121 Å². The summed E-state index contributed by atoms with van der Waals surface area (Å²) in [6.45, 7) is 5.96. The molecule has 2 heterocycles. The third-order valence-corrected chi connectivity index (χ3v) is 18.1. The lowest BCUT2D eigenvalue weighted by Gasteiger charge is -2.08. The van der Waals surface area contributed by atoms with Crippen molar-refractivity contribution in [3.8, 4) is 22.9 Å². The van der Waals surface area contributed by atoms with E-state index in [1.54, 1.807) is 36.7 Å². The number of aliphatic imine (C=N–C) groups is 2. The van der Waals surface area contributed by atoms with Gasteiger partial charge in [-0.1, -0.05) is 255 Å². The molecule has 0 saturated heterocycles. The van der Waals surface area contributed by atoms with E-state index in [1.807, 2.05) is 97.1 Å². The van der Waals surface area contributed by atoms with Crippen molar-refractivity contribution in [2.45, 2.75) is 219 Å². The van der Waals surface area contributed by atoms with Gasteiger partial charge in [0.15, 0.2) is 0 Å². The first-order chi connectivity index (χ1) is 44.3. The van der Waals surface area contributed by atoms with Gasteiger partial charge in [-0.05, 0) is 109 Å². The summed E-state index contributed by atoms with van der Waals surface area (Å²) in [4.78, 5) is 67.3. The van der Waals surface area contributed by atoms with Crippen molar-refractivity contribution in [3.05, 3.63) is 186 Å². The lowest BCUT2D eigenvalue weighted by Crippen LogP contribution is -2.24. The molecule has 0 unspecified atom stereocenters. The van der Waals surface area contributed by atoms with Gasteiger partial charge in [0.25, 0.3) is 22.2 Å². The highest BCUT2D eigenvalue weighted by atomic mass is 16.5. The first-order valence-electron chi connectivity index (χ1n) is 34.9. The van der Waals surface area contributed by atoms with E-state index in [0.29, 0.717) is 46.7 Å². The molecule has 0 aliphatic heterocycles. The molecule has 2 aromatic heterocycles. The van der Waals surface area contributed by atoms with Gasteiger partial charge in [0.2, 0.25) is 0 Å². The lowest BCUT2D eigenvalue weighted by atomic mass is 10.0. The Balaban J connectivity index is 0.763. The van der Waals surface area contributed by atoms with Crippen LogP contribution < -0.4 is 31.7 Å². The number of nitrogens with zero attached hydrogens (tertiary/aromatic N) is 4. The van der Waals surface area contributed by atoms with E-state index >= 15 is 0 Å². The molecule has 90 heavy (non-hydrogen) atoms. The zero-order valence-corrected chi connectivity index (χ0v) is 54.1. The molecule has 0 aliphatic rings. The fraction of sp³-hybridized carbons (Fsp3) is 0.450. The second-order valence-corrected chi connectivity index (χ2v) is 25.1. The summed E-state index contributed by atoms with van der Waals surface area (Å²) in [6.07, 6.45) is 46.5. The summed E-state index contributed by atoms with van der Waals surface area (Å²) in [5, 5.41) is 3.08. The fourth-order valence-corrected chi connectivity index (χ4v) is 12.8. The van der Waals surface area contributed by atoms with Crippen LogP contribution in [0.2, 0.25) is 0 Å². The predicted octanol–water partition coefficient (Wildman–Crippen LogP) is 21.0. The minimum absolute atomic E-state index is 0.0647. The highest BCUT2D eigenvalue weighted by Crippen LogP contribution is 2.33. The largest absolute Gasteiger partial charge is 0.494 e. The molecule has 10 nitrogen and oxygen atoms in total. The molecule has 0 saturated carbocycles. The van der Waals surface area contributed by atoms with Crippen LogP contribution in [0.5, 0.6) is 11.5 Å². The minimum atomic E-state index is -0.574. The van der Waals surface area contributed by atoms with Gasteiger partial charge >= 0.3 is 0 Å². The Bertz CT molecular complexity index is 3610. The van der Waals surface area contributed by atoms with E-state index < -0.39 is 22.2 Å². The Morgan fingerprint density at radius 2 is 0.567 bits per heavy atom. The van der Waals surface area contributed by atoms with Crippen LogP contribution in [0.15, 0.2) is 163 Å². The van der Waals surface area contributed by atoms with Crippen molar-refractivity contribution in [3.63, 3.8) is 0 Å². The van der Waals surface area contributed by atoms with E-state index in [9.17, 15) is 19.2 Å². The number of hydrogen-bond acceptors (Lipinski definition) is 8. The SMILES string of the molecule is CCCCCCCCCCCCCCCCCCOc1ccc(C=Nc2cccc3c(-n4c(=O)c5cc6c(=O)n(-c7cccc8c(N=Cc9ccc(OCCCCCCCCCCCCCCCCCC)cc9)cccc78)c(=O)c6cc5c4=O)cccc23)cc1. The van der Waals surface area contributed by atoms with E-state index in [1.165, 1.54) is 205 Å². The van der Waals surface area contributed by atoms with Gasteiger partial charge in [0.1, 0.15) is 11.5 Å². The third kappa shape index (κ3) is 18.7. The fourth-order valence-electron chi connectivity index (χ4n) is 12.8. The van der Waals surface area contributed by atoms with Crippen LogP contribution in [0, 0.1) is 0 Å². The molecule has 9 rings (SSSR count). The van der Waals surface area contributed by atoms with Gasteiger partial charge in [0, 0.05) is 34.0 Å². The molecule has 9 aromatic rings. The molecule has 474 valence electrons. The smallest absolute Gasteiger partial charge is 0.266 e. The highest BCUT2D eigenvalue weighted by Gasteiger charge is 2.23. The lowest BCUT2D eigenvalue weighted by molar-refractivity contribution is 0.304. The molecular weight excluding hydrogens is 1110 g/mol. The molecule has 10 heteroatoms. The summed E-state index contributed by atoms with van der Waals surface area (Å²) in [5.74, 6) is 1.67. The van der Waals surface area contributed by atoms with Gasteiger partial charge in [-0.15, -0.1) is 0 Å². The van der Waals surface area contributed by atoms with E-state index in [4.69, 9.17) is 19.5 Å². The molecule has 0 N–H and O–H groups in total. The van der Waals surface area contributed by atoms with Crippen LogP contribution in [-0.4, -0.2) is 34.8 Å². The maximum Gasteiger partial charge on any atom is 0.266 e. The summed E-state index contributed by atoms with van der Waals surface area (Å²) >= 11 is 0. The van der Waals surface area contributed by atoms with E-state index in [-0.39, 0.29) is 21.5 Å². The highest BCUT2D eigenvalue weighted by molar-refractivity contribution is 6.03. The summed E-state index contributed by atoms with van der Waals surface area (Å²) in [7, 11) is 0. The van der Waals surface area contributed by atoms with Crippen LogP contribution in [0.3, 0.4) is 0 Å². The average Bonchev–Trinajstić information content (AvgIpc) is 1.58. The Kier molecular flexibility index (Phi) is 26.8. The molecule has 0 spiro atoms. The Morgan fingerprint density at radius 3 is 0.867 bits per heavy atom. The van der Waals surface area contributed by atoms with Crippen LogP contribution in [-0.2, 0) is 0 Å². The quantitative estimate of drug-likeness (QED) is 0.0277. The van der Waals surface area contributed by atoms with E-state index in [2.05, 4.69) is 13.8 Å². The number of unbranched alkanes of at least 4 members (excludes halogenated alkanes) is 30. The third-order valence-electron chi connectivity index (χ3n) is 18.1. The molecule has 0 bridgehead atoms. The Morgan fingerprint density at radius 1 is 0.300 bits per heavy atom. The molecule has 0 aliphatic carbocycles. The number of fused-ring (bicyclic) bond motifs is 4. The number of ether oxygens (including phenoxy) is 2. The zero-order valence-electron chi connectivity index (χ0n) is 54.1. The molecule has 0 amide bonds. The normalized spacial score (nSPS) is 11.9. The van der Waals surface area contributed by atoms with E-state index in [0.717, 1.165) is 55.4 Å². The van der Waals surface area contributed by atoms with Crippen molar-refractivity contribution in [1.29, 1.82) is 0 Å². The van der Waals surface area contributed by atoms with Crippen LogP contribution in [0.25, 0.3) is 54.5 Å². The second kappa shape index (κ2) is 36.2. The Hall–Kier alpha value is -7.72. The summed E-state index contributed by atoms with van der Waals surface area (Å²) < 4.78 is 14.4. The second-order valence-electron chi connectivity index (χ2n) is 25.1. The van der Waals surface area contributed by atoms with Gasteiger partial charge in [-0.3, -0.25) is 29.2 Å². The maximum atomic E-state index is 14.4. The van der Waals surface area contributed by atoms with Crippen molar-refractivity contribution in [1.82, 2.24) is 9.13 Å². The van der Waals surface area contributed by atoms with Crippen LogP contribution in [0.1, 0.15) is 230 Å². The van der Waals surface area contributed by atoms with Crippen LogP contribution in [0.4, 0.5) is 11.4 Å². The van der Waals surface area contributed by atoms with Gasteiger partial charge in [-0.25, -0.2) is 9.13 Å². The standard InChI is InChI=1S/C80H98N4O6/c1-3-5-7-9-11-13-15-17-19-21-23-25-27-29-31-33-55-89-63-51-47-61(48-52-63)59-81-73-43-35-41-67-65(73)39-37-45-75(67)83-77(85)69-57-71-72(58-70(69)78(83)86)80(88)84(79(71)87)76-46-38-40-66-68(76)42-36-44-74(66)82-60-62-49-53-64(54-50-62)90-56-34-32-30-28-26-24-22-20-18-16-14-12-10-8-6-4-2/h35-54,57-60H,3-34,55-56H2,1-2H3. The molecule has 0 atom stereocenters. The first-order valence-corrected chi connectivity index (χ1v) is 34.9. The van der Waals surface area contributed by atoms with Crippen molar-refractivity contribution >= 4 is 66.9 Å². The molecule has 7 aromatic carbocycles. The van der Waals surface area contributed by atoms with Crippen LogP contribution >= 0.6 is 0 Å². The average molecular weight is 1210 g/mol. The zero-order chi connectivity index (χ0) is 62.5. The first kappa shape index (κ1) is 66.7. The van der Waals surface area contributed by atoms with Gasteiger partial charge in [0.05, 0.1) is 57.5 Å². The summed E-state index contributed by atoms with van der Waals surface area (Å²) in [5.41, 5.74) is 1.63. The minimum Gasteiger partial charge on any atom is -0.494 e. The van der Waals surface area contributed by atoms with Crippen molar-refractivity contribution < 1.29 is 9.47 Å². The van der Waals surface area contributed by atoms with Crippen molar-refractivity contribution in [2.75, 3.05) is 13.2 Å². The predicted molar refractivity (Wildman–Crippen MR) is 380 cm³/mol. The van der Waals surface area contributed by atoms with Gasteiger partial charge < -0.3 is 9.47 Å². The number of hydrogen-bond donors (Lipinski definition) is 0.